The molecule has 1 N–H and O–H groups in total. The molecule has 0 radical (unpaired) electrons. The highest BCUT2D eigenvalue weighted by Gasteiger charge is 2.23. The van der Waals surface area contributed by atoms with Crippen LogP contribution >= 0.6 is 11.6 Å². The fourth-order valence-electron chi connectivity index (χ4n) is 2.66. The molecule has 6 heteroatoms. The van der Waals surface area contributed by atoms with Crippen LogP contribution in [0.4, 0.5) is 0 Å². The van der Waals surface area contributed by atoms with E-state index in [0.717, 1.165) is 11.1 Å². The first kappa shape index (κ1) is 18.5. The molecule has 4 nitrogen and oxygen atoms in total. The molecule has 134 valence electrons. The standard InChI is InChI=1S/C20H18ClNO3S/c1-25-19-13-12-17(14-18(19)21)26(23,24)22-20(15-8-4-2-5-9-15)16-10-6-3-7-11-16/h2-14,20,22H,1H3. The third kappa shape index (κ3) is 4.07. The second kappa shape index (κ2) is 7.91. The Labute approximate surface area is 158 Å². The number of rotatable bonds is 6. The first-order valence-electron chi connectivity index (χ1n) is 7.97. The van der Waals surface area contributed by atoms with Gasteiger partial charge in [0.25, 0.3) is 0 Å². The van der Waals surface area contributed by atoms with E-state index in [1.54, 1.807) is 0 Å². The minimum absolute atomic E-state index is 0.0835. The van der Waals surface area contributed by atoms with Crippen LogP contribution < -0.4 is 9.46 Å². The van der Waals surface area contributed by atoms with Crippen LogP contribution in [0.15, 0.2) is 83.8 Å². The fraction of sp³-hybridized carbons (Fsp3) is 0.100. The zero-order valence-corrected chi connectivity index (χ0v) is 15.7. The van der Waals surface area contributed by atoms with Gasteiger partial charge in [-0.25, -0.2) is 8.42 Å². The van der Waals surface area contributed by atoms with E-state index in [4.69, 9.17) is 16.3 Å². The molecule has 0 aliphatic rings. The average Bonchev–Trinajstić information content (AvgIpc) is 2.67. The zero-order chi connectivity index (χ0) is 18.6. The van der Waals surface area contributed by atoms with Crippen molar-refractivity contribution in [2.75, 3.05) is 7.11 Å². The first-order valence-corrected chi connectivity index (χ1v) is 9.83. The van der Waals surface area contributed by atoms with Gasteiger partial charge in [0.15, 0.2) is 0 Å². The lowest BCUT2D eigenvalue weighted by Crippen LogP contribution is -2.29. The molecule has 3 aromatic carbocycles. The second-order valence-corrected chi connectivity index (χ2v) is 7.79. The summed E-state index contributed by atoms with van der Waals surface area (Å²) in [5.41, 5.74) is 1.70. The van der Waals surface area contributed by atoms with Crippen LogP contribution in [0.2, 0.25) is 5.02 Å². The summed E-state index contributed by atoms with van der Waals surface area (Å²) in [7, 11) is -2.31. The first-order chi connectivity index (χ1) is 12.5. The van der Waals surface area contributed by atoms with Gasteiger partial charge in [-0.3, -0.25) is 0 Å². The van der Waals surface area contributed by atoms with Gasteiger partial charge in [-0.15, -0.1) is 0 Å². The molecule has 0 aromatic heterocycles. The molecule has 0 bridgehead atoms. The Kier molecular flexibility index (Phi) is 5.61. The van der Waals surface area contributed by atoms with E-state index in [2.05, 4.69) is 4.72 Å². The van der Waals surface area contributed by atoms with Gasteiger partial charge in [0.2, 0.25) is 10.0 Å². The van der Waals surface area contributed by atoms with Gasteiger partial charge in [0.05, 0.1) is 23.1 Å². The lowest BCUT2D eigenvalue weighted by atomic mass is 10.00. The molecular formula is C20H18ClNO3S. The van der Waals surface area contributed by atoms with Gasteiger partial charge in [-0.1, -0.05) is 72.3 Å². The number of methoxy groups -OCH3 is 1. The summed E-state index contributed by atoms with van der Waals surface area (Å²) in [5.74, 6) is 0.424. The van der Waals surface area contributed by atoms with Gasteiger partial charge in [-0.2, -0.15) is 4.72 Å². The maximum absolute atomic E-state index is 12.9. The predicted molar refractivity (Wildman–Crippen MR) is 103 cm³/mol. The van der Waals surface area contributed by atoms with Crippen molar-refractivity contribution in [3.63, 3.8) is 0 Å². The van der Waals surface area contributed by atoms with Crippen molar-refractivity contribution in [3.8, 4) is 5.75 Å². The summed E-state index contributed by atoms with van der Waals surface area (Å²) in [6.07, 6.45) is 0. The number of nitrogens with one attached hydrogen (secondary N) is 1. The van der Waals surface area contributed by atoms with Crippen molar-refractivity contribution in [3.05, 3.63) is 95.0 Å². The zero-order valence-electron chi connectivity index (χ0n) is 14.1. The van der Waals surface area contributed by atoms with Crippen LogP contribution in [0.1, 0.15) is 17.2 Å². The summed E-state index contributed by atoms with van der Waals surface area (Å²) in [6, 6.07) is 22.7. The van der Waals surface area contributed by atoms with Gasteiger partial charge >= 0.3 is 0 Å². The lowest BCUT2D eigenvalue weighted by molar-refractivity contribution is 0.414. The van der Waals surface area contributed by atoms with Gasteiger partial charge < -0.3 is 4.74 Å². The highest BCUT2D eigenvalue weighted by Crippen LogP contribution is 2.29. The largest absolute Gasteiger partial charge is 0.495 e. The van der Waals surface area contributed by atoms with Gasteiger partial charge in [0, 0.05) is 0 Å². The molecule has 0 aliphatic heterocycles. The van der Waals surface area contributed by atoms with E-state index in [1.807, 2.05) is 60.7 Å². The minimum atomic E-state index is -3.79. The van der Waals surface area contributed by atoms with Crippen molar-refractivity contribution in [1.29, 1.82) is 0 Å². The van der Waals surface area contributed by atoms with Crippen molar-refractivity contribution < 1.29 is 13.2 Å². The number of sulfonamides is 1. The maximum Gasteiger partial charge on any atom is 0.241 e. The smallest absolute Gasteiger partial charge is 0.241 e. The van der Waals surface area contributed by atoms with E-state index < -0.39 is 16.1 Å². The normalized spacial score (nSPS) is 11.5. The third-order valence-corrected chi connectivity index (χ3v) is 5.69. The summed E-state index contributed by atoms with van der Waals surface area (Å²) in [4.78, 5) is 0.0835. The molecule has 0 amide bonds. The summed E-state index contributed by atoms with van der Waals surface area (Å²) < 4.78 is 33.7. The number of halogens is 1. The van der Waals surface area contributed by atoms with Crippen LogP contribution in [0.5, 0.6) is 5.75 Å². The Morgan fingerprint density at radius 1 is 0.885 bits per heavy atom. The SMILES string of the molecule is COc1ccc(S(=O)(=O)NC(c2ccccc2)c2ccccc2)cc1Cl. The third-order valence-electron chi connectivity index (χ3n) is 3.97. The Bertz CT molecular complexity index is 937. The number of hydrogen-bond acceptors (Lipinski definition) is 3. The lowest BCUT2D eigenvalue weighted by Gasteiger charge is -2.20. The van der Waals surface area contributed by atoms with E-state index in [0.29, 0.717) is 5.75 Å². The monoisotopic (exact) mass is 387 g/mol. The average molecular weight is 388 g/mol. The van der Waals surface area contributed by atoms with Crippen molar-refractivity contribution in [1.82, 2.24) is 4.72 Å². The topological polar surface area (TPSA) is 55.4 Å². The van der Waals surface area contributed by atoms with Crippen molar-refractivity contribution in [2.45, 2.75) is 10.9 Å². The van der Waals surface area contributed by atoms with Crippen molar-refractivity contribution in [2.24, 2.45) is 0 Å². The van der Waals surface area contributed by atoms with Crippen molar-refractivity contribution >= 4 is 21.6 Å². The van der Waals surface area contributed by atoms with Gasteiger partial charge in [0.1, 0.15) is 5.75 Å². The van der Waals surface area contributed by atoms with E-state index in [-0.39, 0.29) is 9.92 Å². The Hall–Kier alpha value is -2.34. The molecule has 0 heterocycles. The number of hydrogen-bond donors (Lipinski definition) is 1. The van der Waals surface area contributed by atoms with Crippen LogP contribution in [0, 0.1) is 0 Å². The molecule has 0 atom stereocenters. The molecule has 0 spiro atoms. The highest BCUT2D eigenvalue weighted by atomic mass is 35.5. The molecular weight excluding hydrogens is 370 g/mol. The van der Waals surface area contributed by atoms with E-state index in [9.17, 15) is 8.42 Å². The van der Waals surface area contributed by atoms with Crippen LogP contribution in [-0.2, 0) is 10.0 Å². The predicted octanol–water partition coefficient (Wildman–Crippen LogP) is 4.42. The van der Waals surface area contributed by atoms with E-state index >= 15 is 0 Å². The minimum Gasteiger partial charge on any atom is -0.495 e. The van der Waals surface area contributed by atoms with Gasteiger partial charge in [-0.05, 0) is 29.3 Å². The molecule has 3 aromatic rings. The highest BCUT2D eigenvalue weighted by molar-refractivity contribution is 7.89. The Morgan fingerprint density at radius 2 is 1.42 bits per heavy atom. The molecule has 0 aliphatic carbocycles. The molecule has 0 saturated carbocycles. The summed E-state index contributed by atoms with van der Waals surface area (Å²) in [6.45, 7) is 0. The molecule has 0 fully saturated rings. The quantitative estimate of drug-likeness (QED) is 0.681. The molecule has 3 rings (SSSR count). The van der Waals surface area contributed by atoms with E-state index in [1.165, 1.54) is 25.3 Å². The Morgan fingerprint density at radius 3 is 1.88 bits per heavy atom. The molecule has 0 saturated heterocycles. The second-order valence-electron chi connectivity index (χ2n) is 5.67. The maximum atomic E-state index is 12.9. The number of benzene rings is 3. The van der Waals surface area contributed by atoms with Crippen LogP contribution in [0.3, 0.4) is 0 Å². The number of ether oxygens (including phenoxy) is 1. The summed E-state index contributed by atoms with van der Waals surface area (Å²) >= 11 is 6.09. The molecule has 0 unspecified atom stereocenters. The van der Waals surface area contributed by atoms with Crippen LogP contribution in [0.25, 0.3) is 0 Å². The Balaban J connectivity index is 2.00. The fourth-order valence-corrected chi connectivity index (χ4v) is 4.22. The van der Waals surface area contributed by atoms with Crippen LogP contribution in [-0.4, -0.2) is 15.5 Å². The summed E-state index contributed by atoms with van der Waals surface area (Å²) in [5, 5.41) is 0.242. The molecule has 26 heavy (non-hydrogen) atoms.